The summed E-state index contributed by atoms with van der Waals surface area (Å²) in [5, 5.41) is 14.7. The summed E-state index contributed by atoms with van der Waals surface area (Å²) in [7, 11) is 2.06. The number of halogens is 1. The smallest absolute Gasteiger partial charge is 0.120 e. The molecule has 0 fully saturated rings. The molecule has 2 N–H and O–H groups in total. The first-order valence-corrected chi connectivity index (χ1v) is 9.35. The number of phenols is 1. The van der Waals surface area contributed by atoms with E-state index in [0.29, 0.717) is 18.3 Å². The van der Waals surface area contributed by atoms with E-state index in [2.05, 4.69) is 76.9 Å². The molecule has 0 saturated heterocycles. The van der Waals surface area contributed by atoms with Crippen LogP contribution in [0.15, 0.2) is 48.7 Å². The van der Waals surface area contributed by atoms with Gasteiger partial charge in [0.05, 0.1) is 5.52 Å². The number of phenolic OH excluding ortho intramolecular Hbond substituents is 1. The molecule has 2 aromatic carbocycles. The van der Waals surface area contributed by atoms with Gasteiger partial charge in [-0.25, -0.2) is 0 Å². The molecule has 0 aliphatic heterocycles. The molecule has 25 heavy (non-hydrogen) atoms. The van der Waals surface area contributed by atoms with Crippen LogP contribution in [0.1, 0.15) is 19.4 Å². The zero-order valence-electron chi connectivity index (χ0n) is 14.6. The molecule has 5 heteroatoms. The summed E-state index contributed by atoms with van der Waals surface area (Å²) in [6.07, 6.45) is 1.81. The summed E-state index contributed by atoms with van der Waals surface area (Å²) in [4.78, 5) is 6.64. The minimum Gasteiger partial charge on any atom is -0.508 e. The number of benzene rings is 2. The third-order valence-corrected chi connectivity index (χ3v) is 5.04. The van der Waals surface area contributed by atoms with Crippen molar-refractivity contribution in [2.45, 2.75) is 26.4 Å². The van der Waals surface area contributed by atoms with Gasteiger partial charge in [-0.15, -0.1) is 0 Å². The fourth-order valence-electron chi connectivity index (χ4n) is 2.63. The first-order valence-electron chi connectivity index (χ1n) is 8.27. The molecular formula is C20H22IN3O. The molecule has 3 rings (SSSR count). The van der Waals surface area contributed by atoms with Crippen LogP contribution in [0.25, 0.3) is 10.9 Å². The Labute approximate surface area is 162 Å². The maximum atomic E-state index is 10.2. The van der Waals surface area contributed by atoms with Crippen molar-refractivity contribution in [1.82, 2.24) is 9.88 Å². The fourth-order valence-corrected chi connectivity index (χ4v) is 3.10. The van der Waals surface area contributed by atoms with E-state index in [1.807, 2.05) is 24.4 Å². The van der Waals surface area contributed by atoms with E-state index in [9.17, 15) is 5.11 Å². The summed E-state index contributed by atoms with van der Waals surface area (Å²) >= 11 is 2.29. The molecule has 1 heterocycles. The molecule has 0 atom stereocenters. The second-order valence-corrected chi connectivity index (χ2v) is 7.74. The zero-order chi connectivity index (χ0) is 18.0. The Kier molecular flexibility index (Phi) is 5.44. The molecule has 0 bridgehead atoms. The van der Waals surface area contributed by atoms with Crippen molar-refractivity contribution in [3.8, 4) is 5.75 Å². The molecule has 130 valence electrons. The molecule has 0 aliphatic carbocycles. The Morgan fingerprint density at radius 1 is 1.16 bits per heavy atom. The number of hydrogen-bond acceptors (Lipinski definition) is 4. The van der Waals surface area contributed by atoms with E-state index in [0.717, 1.165) is 27.8 Å². The van der Waals surface area contributed by atoms with Crippen LogP contribution in [0.3, 0.4) is 0 Å². The lowest BCUT2D eigenvalue weighted by atomic mass is 10.1. The van der Waals surface area contributed by atoms with Crippen molar-refractivity contribution in [3.05, 3.63) is 57.8 Å². The second-order valence-electron chi connectivity index (χ2n) is 6.50. The lowest BCUT2D eigenvalue weighted by molar-refractivity contribution is 0.262. The average molecular weight is 447 g/mol. The molecule has 3 aromatic rings. The maximum Gasteiger partial charge on any atom is 0.120 e. The van der Waals surface area contributed by atoms with Gasteiger partial charge in [-0.05, 0) is 86.0 Å². The molecule has 0 saturated carbocycles. The normalized spacial score (nSPS) is 11.4. The summed E-state index contributed by atoms with van der Waals surface area (Å²) in [6.45, 7) is 4.99. The maximum absolute atomic E-state index is 10.2. The van der Waals surface area contributed by atoms with E-state index in [1.165, 1.54) is 3.57 Å². The van der Waals surface area contributed by atoms with Gasteiger partial charge in [-0.2, -0.15) is 0 Å². The Hall–Kier alpha value is -1.86. The summed E-state index contributed by atoms with van der Waals surface area (Å²) in [5.74, 6) is 0.326. The molecule has 0 amide bonds. The molecule has 0 aliphatic rings. The summed E-state index contributed by atoms with van der Waals surface area (Å²) in [5.41, 5.74) is 3.84. The highest BCUT2D eigenvalue weighted by Crippen LogP contribution is 2.29. The van der Waals surface area contributed by atoms with Gasteiger partial charge in [0.25, 0.3) is 0 Å². The molecule has 0 spiro atoms. The topological polar surface area (TPSA) is 48.4 Å². The van der Waals surface area contributed by atoms with Crippen molar-refractivity contribution in [1.29, 1.82) is 0 Å². The number of fused-ring (bicyclic) bond motifs is 1. The minimum absolute atomic E-state index is 0.326. The van der Waals surface area contributed by atoms with Gasteiger partial charge in [0.1, 0.15) is 5.75 Å². The Morgan fingerprint density at radius 3 is 2.72 bits per heavy atom. The number of nitrogens with zero attached hydrogens (tertiary/aromatic N) is 2. The van der Waals surface area contributed by atoms with Crippen molar-refractivity contribution in [3.63, 3.8) is 0 Å². The second kappa shape index (κ2) is 7.58. The molecule has 0 radical (unpaired) electrons. The Balaban J connectivity index is 1.91. The third kappa shape index (κ3) is 4.22. The van der Waals surface area contributed by atoms with E-state index < -0.39 is 0 Å². The molecule has 4 nitrogen and oxygen atoms in total. The largest absolute Gasteiger partial charge is 0.508 e. The van der Waals surface area contributed by atoms with Gasteiger partial charge in [0.2, 0.25) is 0 Å². The van der Waals surface area contributed by atoms with Gasteiger partial charge in [-0.1, -0.05) is 0 Å². The number of rotatable bonds is 5. The third-order valence-electron chi connectivity index (χ3n) is 4.36. The van der Waals surface area contributed by atoms with Crippen molar-refractivity contribution >= 4 is 44.9 Å². The van der Waals surface area contributed by atoms with Gasteiger partial charge >= 0.3 is 0 Å². The SMILES string of the molecule is CC(C)N(C)Cc1cc(Nc2ccnc3cc(I)ccc23)ccc1O. The van der Waals surface area contributed by atoms with E-state index in [4.69, 9.17) is 0 Å². The van der Waals surface area contributed by atoms with Crippen LogP contribution in [0.2, 0.25) is 0 Å². The van der Waals surface area contributed by atoms with Gasteiger partial charge in [-0.3, -0.25) is 9.88 Å². The Bertz CT molecular complexity index is 895. The van der Waals surface area contributed by atoms with E-state index >= 15 is 0 Å². The van der Waals surface area contributed by atoms with Gasteiger partial charge < -0.3 is 10.4 Å². The highest BCUT2D eigenvalue weighted by atomic mass is 127. The lowest BCUT2D eigenvalue weighted by Gasteiger charge is -2.22. The van der Waals surface area contributed by atoms with E-state index in [-0.39, 0.29) is 0 Å². The lowest BCUT2D eigenvalue weighted by Crippen LogP contribution is -2.25. The minimum atomic E-state index is 0.326. The van der Waals surface area contributed by atoms with Crippen LogP contribution in [0, 0.1) is 3.57 Å². The first kappa shape index (κ1) is 17.9. The summed E-state index contributed by atoms with van der Waals surface area (Å²) < 4.78 is 1.17. The highest BCUT2D eigenvalue weighted by Gasteiger charge is 2.10. The molecular weight excluding hydrogens is 425 g/mol. The fraction of sp³-hybridized carbons (Fsp3) is 0.250. The standard InChI is InChI=1S/C20H22IN3O/c1-13(2)24(3)12-14-10-16(5-7-20(14)25)23-18-8-9-22-19-11-15(21)4-6-17(18)19/h4-11,13,25H,12H2,1-3H3,(H,22,23). The molecule has 0 unspecified atom stereocenters. The van der Waals surface area contributed by atoms with Crippen LogP contribution >= 0.6 is 22.6 Å². The van der Waals surface area contributed by atoms with E-state index in [1.54, 1.807) is 6.07 Å². The predicted octanol–water partition coefficient (Wildman–Crippen LogP) is 5.13. The zero-order valence-corrected chi connectivity index (χ0v) is 16.8. The summed E-state index contributed by atoms with van der Waals surface area (Å²) in [6, 6.07) is 14.3. The predicted molar refractivity (Wildman–Crippen MR) is 112 cm³/mol. The van der Waals surface area contributed by atoms with Gasteiger partial charge in [0.15, 0.2) is 0 Å². The highest BCUT2D eigenvalue weighted by molar-refractivity contribution is 14.1. The van der Waals surface area contributed by atoms with Crippen LogP contribution in [-0.2, 0) is 6.54 Å². The Morgan fingerprint density at radius 2 is 1.96 bits per heavy atom. The first-order chi connectivity index (χ1) is 11.9. The van der Waals surface area contributed by atoms with Crippen molar-refractivity contribution in [2.24, 2.45) is 0 Å². The quantitative estimate of drug-likeness (QED) is 0.421. The van der Waals surface area contributed by atoms with Crippen molar-refractivity contribution < 1.29 is 5.11 Å². The van der Waals surface area contributed by atoms with Crippen molar-refractivity contribution in [2.75, 3.05) is 12.4 Å². The van der Waals surface area contributed by atoms with Crippen LogP contribution in [0.5, 0.6) is 5.75 Å². The number of aromatic nitrogens is 1. The van der Waals surface area contributed by atoms with Gasteiger partial charge in [0, 0.05) is 44.7 Å². The number of nitrogens with one attached hydrogen (secondary N) is 1. The van der Waals surface area contributed by atoms with Crippen LogP contribution in [-0.4, -0.2) is 28.1 Å². The number of anilines is 2. The van der Waals surface area contributed by atoms with Crippen LogP contribution in [0.4, 0.5) is 11.4 Å². The molecule has 1 aromatic heterocycles. The average Bonchev–Trinajstić information content (AvgIpc) is 2.57. The monoisotopic (exact) mass is 447 g/mol. The number of aromatic hydroxyl groups is 1. The van der Waals surface area contributed by atoms with Crippen LogP contribution < -0.4 is 5.32 Å². The number of pyridine rings is 1. The number of hydrogen-bond donors (Lipinski definition) is 2.